The summed E-state index contributed by atoms with van der Waals surface area (Å²) in [4.78, 5) is 21.6. The Labute approximate surface area is 191 Å². The second-order valence-electron chi connectivity index (χ2n) is 5.20. The van der Waals surface area contributed by atoms with E-state index in [0.717, 1.165) is 13.1 Å². The Hall–Kier alpha value is -2.70. The first kappa shape index (κ1) is 38.9. The molecule has 0 fully saturated rings. The first-order valence-corrected chi connectivity index (χ1v) is 10.5. The van der Waals surface area contributed by atoms with E-state index in [-0.39, 0.29) is 19.0 Å². The molecule has 0 spiro atoms. The normalized spacial score (nSPS) is 7.55. The SMILES string of the molecule is C.CC.CC.CC(=O)c1ccccc1N.CC(=O)c1ccccc1N.CCN.CC[NH3+]. The van der Waals surface area contributed by atoms with Gasteiger partial charge in [-0.1, -0.05) is 66.3 Å². The molecule has 0 heterocycles. The van der Waals surface area contributed by atoms with Crippen molar-refractivity contribution in [3.05, 3.63) is 59.7 Å². The fourth-order valence-corrected chi connectivity index (χ4v) is 1.64. The van der Waals surface area contributed by atoms with Gasteiger partial charge in [-0.2, -0.15) is 0 Å². The summed E-state index contributed by atoms with van der Waals surface area (Å²) in [6, 6.07) is 14.1. The molecule has 2 rings (SSSR count). The molecule has 0 amide bonds. The van der Waals surface area contributed by atoms with Gasteiger partial charge in [0.05, 0.1) is 6.54 Å². The minimum atomic E-state index is 0. The zero-order valence-electron chi connectivity index (χ0n) is 20.3. The summed E-state index contributed by atoms with van der Waals surface area (Å²) >= 11 is 0. The summed E-state index contributed by atoms with van der Waals surface area (Å²) < 4.78 is 0. The van der Waals surface area contributed by atoms with Crippen molar-refractivity contribution < 1.29 is 15.3 Å². The summed E-state index contributed by atoms with van der Waals surface area (Å²) in [5.74, 6) is 0.0243. The fourth-order valence-electron chi connectivity index (χ4n) is 1.64. The van der Waals surface area contributed by atoms with E-state index in [1.54, 1.807) is 36.4 Å². The van der Waals surface area contributed by atoms with Gasteiger partial charge in [0.1, 0.15) is 0 Å². The molecule has 2 aromatic carbocycles. The van der Waals surface area contributed by atoms with Crippen LogP contribution >= 0.6 is 0 Å². The number of quaternary nitrogens is 1. The highest BCUT2D eigenvalue weighted by Gasteiger charge is 2.01. The lowest BCUT2D eigenvalue weighted by Crippen LogP contribution is -2.48. The molecule has 0 aliphatic rings. The number of nitrogens with two attached hydrogens (primary N) is 3. The lowest BCUT2D eigenvalue weighted by molar-refractivity contribution is -0.361. The van der Waals surface area contributed by atoms with Gasteiger partial charge in [0.2, 0.25) is 0 Å². The van der Waals surface area contributed by atoms with E-state index in [4.69, 9.17) is 17.2 Å². The molecule has 0 bridgehead atoms. The maximum absolute atomic E-state index is 10.8. The summed E-state index contributed by atoms with van der Waals surface area (Å²) in [5, 5.41) is 0. The molecule has 6 nitrogen and oxygen atoms in total. The second-order valence-corrected chi connectivity index (χ2v) is 5.20. The van der Waals surface area contributed by atoms with Gasteiger partial charge in [-0.05, 0) is 51.6 Å². The summed E-state index contributed by atoms with van der Waals surface area (Å²) in [6.45, 7) is 16.7. The summed E-state index contributed by atoms with van der Waals surface area (Å²) in [7, 11) is 0. The molecule has 0 aliphatic carbocycles. The number of rotatable bonds is 2. The van der Waals surface area contributed by atoms with Crippen molar-refractivity contribution in [2.45, 2.75) is 62.8 Å². The van der Waals surface area contributed by atoms with Crippen molar-refractivity contribution >= 4 is 22.9 Å². The molecular weight excluding hydrogens is 388 g/mol. The Morgan fingerprint density at radius 2 is 0.935 bits per heavy atom. The molecule has 2 aromatic rings. The second kappa shape index (κ2) is 29.5. The lowest BCUT2D eigenvalue weighted by Gasteiger charge is -1.97. The Kier molecular flexibility index (Phi) is 37.0. The molecule has 0 saturated carbocycles. The molecule has 0 unspecified atom stereocenters. The highest BCUT2D eigenvalue weighted by atomic mass is 16.1. The van der Waals surface area contributed by atoms with Crippen LogP contribution in [-0.2, 0) is 0 Å². The van der Waals surface area contributed by atoms with Crippen LogP contribution in [0.5, 0.6) is 0 Å². The number of benzene rings is 2. The van der Waals surface area contributed by atoms with Crippen LogP contribution in [0.15, 0.2) is 48.5 Å². The maximum Gasteiger partial charge on any atom is 0.161 e. The van der Waals surface area contributed by atoms with Crippen LogP contribution in [0.4, 0.5) is 11.4 Å². The number of carbonyl (C=O) groups excluding carboxylic acids is 2. The topological polar surface area (TPSA) is 140 Å². The van der Waals surface area contributed by atoms with E-state index >= 15 is 0 Å². The van der Waals surface area contributed by atoms with Crippen molar-refractivity contribution in [3.8, 4) is 0 Å². The van der Waals surface area contributed by atoms with Crippen LogP contribution in [0.25, 0.3) is 0 Å². The number of para-hydroxylation sites is 2. The Balaban J connectivity index is -0.000000101. The number of hydrogen-bond acceptors (Lipinski definition) is 5. The predicted molar refractivity (Wildman–Crippen MR) is 139 cm³/mol. The third-order valence-electron chi connectivity index (χ3n) is 2.68. The van der Waals surface area contributed by atoms with E-state index in [9.17, 15) is 9.59 Å². The van der Waals surface area contributed by atoms with Crippen molar-refractivity contribution in [2.75, 3.05) is 24.6 Å². The number of hydrogen-bond donors (Lipinski definition) is 4. The third-order valence-corrected chi connectivity index (χ3v) is 2.68. The van der Waals surface area contributed by atoms with Crippen LogP contribution in [-0.4, -0.2) is 24.7 Å². The van der Waals surface area contributed by atoms with Gasteiger partial charge in [0, 0.05) is 22.5 Å². The first-order chi connectivity index (χ1) is 14.3. The Bertz CT molecular complexity index is 602. The van der Waals surface area contributed by atoms with E-state index in [1.165, 1.54) is 13.8 Å². The number of anilines is 2. The summed E-state index contributed by atoms with van der Waals surface area (Å²) in [6.07, 6.45) is 0. The van der Waals surface area contributed by atoms with Crippen molar-refractivity contribution in [1.29, 1.82) is 0 Å². The van der Waals surface area contributed by atoms with Gasteiger partial charge >= 0.3 is 0 Å². The van der Waals surface area contributed by atoms with Crippen LogP contribution < -0.4 is 22.9 Å². The molecular formula is C25H49N4O2+. The molecule has 0 radical (unpaired) electrons. The quantitative estimate of drug-likeness (QED) is 0.393. The molecule has 0 aliphatic heterocycles. The average Bonchev–Trinajstić information content (AvgIpc) is 2.73. The van der Waals surface area contributed by atoms with Gasteiger partial charge < -0.3 is 22.9 Å². The van der Waals surface area contributed by atoms with Crippen LogP contribution in [0.1, 0.15) is 83.5 Å². The van der Waals surface area contributed by atoms with Gasteiger partial charge in [-0.25, -0.2) is 0 Å². The highest BCUT2D eigenvalue weighted by Crippen LogP contribution is 2.10. The van der Waals surface area contributed by atoms with Crippen molar-refractivity contribution in [2.24, 2.45) is 5.73 Å². The standard InChI is InChI=1S/2C8H9NO.2C2H7N.2C2H6.CH4/c2*1-6(10)7-4-2-3-5-8(7)9;2*1-2-3;2*1-2;/h2*2-5H,9H2,1H3;2*2-3H2,1H3;2*1-2H3;1H4/p+1. The molecule has 31 heavy (non-hydrogen) atoms. The number of carbonyl (C=O) groups is 2. The lowest BCUT2D eigenvalue weighted by atomic mass is 10.1. The van der Waals surface area contributed by atoms with Crippen molar-refractivity contribution in [3.63, 3.8) is 0 Å². The van der Waals surface area contributed by atoms with Crippen LogP contribution in [0, 0.1) is 0 Å². The van der Waals surface area contributed by atoms with E-state index in [0.29, 0.717) is 22.5 Å². The number of Topliss-reactive ketones (excluding diaryl/α,β-unsaturated/α-hetero) is 2. The predicted octanol–water partition coefficient (Wildman–Crippen LogP) is 4.84. The Morgan fingerprint density at radius 3 is 1.06 bits per heavy atom. The molecule has 6 heteroatoms. The van der Waals surface area contributed by atoms with Gasteiger partial charge in [-0.3, -0.25) is 9.59 Å². The fraction of sp³-hybridized carbons (Fsp3) is 0.440. The number of nitrogen functional groups attached to an aromatic ring is 2. The highest BCUT2D eigenvalue weighted by molar-refractivity contribution is 5.99. The zero-order chi connectivity index (χ0) is 24.5. The summed E-state index contributed by atoms with van der Waals surface area (Å²) in [5.41, 5.74) is 21.6. The number of ketones is 2. The minimum absolute atomic E-state index is 0. The van der Waals surface area contributed by atoms with E-state index in [2.05, 4.69) is 5.73 Å². The zero-order valence-corrected chi connectivity index (χ0v) is 20.3. The first-order valence-electron chi connectivity index (χ1n) is 10.5. The van der Waals surface area contributed by atoms with Crippen molar-refractivity contribution in [1.82, 2.24) is 0 Å². The molecule has 0 atom stereocenters. The third kappa shape index (κ3) is 23.4. The van der Waals surface area contributed by atoms with Gasteiger partial charge in [0.25, 0.3) is 0 Å². The molecule has 9 N–H and O–H groups in total. The minimum Gasteiger partial charge on any atom is -0.398 e. The largest absolute Gasteiger partial charge is 0.398 e. The Morgan fingerprint density at radius 1 is 0.742 bits per heavy atom. The molecule has 0 saturated heterocycles. The van der Waals surface area contributed by atoms with Gasteiger partial charge in [0.15, 0.2) is 11.6 Å². The molecule has 180 valence electrons. The van der Waals surface area contributed by atoms with Gasteiger partial charge in [-0.15, -0.1) is 0 Å². The van der Waals surface area contributed by atoms with Crippen LogP contribution in [0.3, 0.4) is 0 Å². The van der Waals surface area contributed by atoms with Crippen LogP contribution in [0.2, 0.25) is 0 Å². The smallest absolute Gasteiger partial charge is 0.161 e. The average molecular weight is 438 g/mol. The molecule has 0 aromatic heterocycles. The monoisotopic (exact) mass is 437 g/mol. The van der Waals surface area contributed by atoms with E-state index in [1.807, 2.05) is 53.7 Å². The van der Waals surface area contributed by atoms with E-state index < -0.39 is 0 Å². The maximum atomic E-state index is 10.8.